The first-order valence-corrected chi connectivity index (χ1v) is 6.44. The zero-order valence-electron chi connectivity index (χ0n) is 11.2. The molecule has 0 heterocycles. The third kappa shape index (κ3) is 5.19. The molecule has 0 aliphatic rings. The molecule has 0 fully saturated rings. The molecule has 100 valence electrons. The van der Waals surface area contributed by atoms with Crippen LogP contribution in [-0.2, 0) is 4.79 Å². The van der Waals surface area contributed by atoms with Crippen LogP contribution >= 0.6 is 0 Å². The highest BCUT2D eigenvalue weighted by molar-refractivity contribution is 5.92. The van der Waals surface area contributed by atoms with E-state index in [0.717, 1.165) is 30.8 Å². The van der Waals surface area contributed by atoms with Gasteiger partial charge >= 0.3 is 0 Å². The van der Waals surface area contributed by atoms with E-state index in [4.69, 9.17) is 4.74 Å². The van der Waals surface area contributed by atoms with Gasteiger partial charge in [0.05, 0.1) is 12.3 Å². The first-order chi connectivity index (χ1) is 8.77. The number of ether oxygens (including phenoxy) is 1. The van der Waals surface area contributed by atoms with Crippen molar-refractivity contribution < 1.29 is 9.53 Å². The molecular weight excluding hydrogens is 228 g/mol. The summed E-state index contributed by atoms with van der Waals surface area (Å²) in [6.07, 6.45) is 2.30. The maximum Gasteiger partial charge on any atom is 0.224 e. The van der Waals surface area contributed by atoms with Crippen LogP contribution in [0.25, 0.3) is 0 Å². The molecule has 1 aromatic carbocycles. The number of nitrogens with one attached hydrogen (secondary N) is 2. The molecule has 1 aromatic rings. The lowest BCUT2D eigenvalue weighted by atomic mass is 10.2. The highest BCUT2D eigenvalue weighted by Gasteiger charge is 2.06. The Kier molecular flexibility index (Phi) is 6.87. The molecule has 2 N–H and O–H groups in total. The molecule has 0 radical (unpaired) electrons. The second kappa shape index (κ2) is 8.53. The standard InChI is InChI=1S/C14H22N2O2/c1-3-11-18-13-8-5-4-7-12(13)16-14(17)9-6-10-15-2/h4-5,7-8,15H,3,6,9-11H2,1-2H3,(H,16,17). The molecule has 0 bridgehead atoms. The van der Waals surface area contributed by atoms with Crippen LogP contribution in [0.1, 0.15) is 26.2 Å². The summed E-state index contributed by atoms with van der Waals surface area (Å²) in [5.41, 5.74) is 0.750. The Morgan fingerprint density at radius 2 is 2.11 bits per heavy atom. The minimum absolute atomic E-state index is 0.0257. The highest BCUT2D eigenvalue weighted by atomic mass is 16.5. The van der Waals surface area contributed by atoms with Crippen molar-refractivity contribution in [2.45, 2.75) is 26.2 Å². The van der Waals surface area contributed by atoms with Crippen molar-refractivity contribution in [3.05, 3.63) is 24.3 Å². The topological polar surface area (TPSA) is 50.4 Å². The van der Waals surface area contributed by atoms with Gasteiger partial charge in [-0.3, -0.25) is 4.79 Å². The maximum atomic E-state index is 11.7. The fourth-order valence-electron chi connectivity index (χ4n) is 1.55. The Hall–Kier alpha value is -1.55. The van der Waals surface area contributed by atoms with Crippen molar-refractivity contribution in [1.29, 1.82) is 0 Å². The summed E-state index contributed by atoms with van der Waals surface area (Å²) in [7, 11) is 1.88. The smallest absolute Gasteiger partial charge is 0.224 e. The number of hydrogen-bond acceptors (Lipinski definition) is 3. The number of hydrogen-bond donors (Lipinski definition) is 2. The molecule has 0 atom stereocenters. The molecule has 1 rings (SSSR count). The molecule has 4 nitrogen and oxygen atoms in total. The van der Waals surface area contributed by atoms with Gasteiger partial charge in [-0.15, -0.1) is 0 Å². The van der Waals surface area contributed by atoms with Gasteiger partial charge in [0.2, 0.25) is 5.91 Å². The maximum absolute atomic E-state index is 11.7. The van der Waals surface area contributed by atoms with Gasteiger partial charge in [-0.25, -0.2) is 0 Å². The van der Waals surface area contributed by atoms with Crippen LogP contribution in [0.2, 0.25) is 0 Å². The molecule has 18 heavy (non-hydrogen) atoms. The van der Waals surface area contributed by atoms with Crippen LogP contribution in [0.3, 0.4) is 0 Å². The largest absolute Gasteiger partial charge is 0.491 e. The SMILES string of the molecule is CCCOc1ccccc1NC(=O)CCCNC. The van der Waals surface area contributed by atoms with Crippen LogP contribution in [0, 0.1) is 0 Å². The van der Waals surface area contributed by atoms with Crippen molar-refractivity contribution in [3.63, 3.8) is 0 Å². The Morgan fingerprint density at radius 1 is 1.33 bits per heavy atom. The monoisotopic (exact) mass is 250 g/mol. The fourth-order valence-corrected chi connectivity index (χ4v) is 1.55. The number of benzene rings is 1. The minimum atomic E-state index is 0.0257. The minimum Gasteiger partial charge on any atom is -0.491 e. The Balaban J connectivity index is 2.51. The van der Waals surface area contributed by atoms with Gasteiger partial charge < -0.3 is 15.4 Å². The summed E-state index contributed by atoms with van der Waals surface area (Å²) in [5.74, 6) is 0.763. The third-order valence-electron chi connectivity index (χ3n) is 2.45. The fraction of sp³-hybridized carbons (Fsp3) is 0.500. The number of anilines is 1. The van der Waals surface area contributed by atoms with E-state index >= 15 is 0 Å². The summed E-state index contributed by atoms with van der Waals surface area (Å²) in [4.78, 5) is 11.7. The molecule has 0 aromatic heterocycles. The van der Waals surface area contributed by atoms with Gasteiger partial charge in [-0.1, -0.05) is 19.1 Å². The number of carbonyl (C=O) groups excluding carboxylic acids is 1. The summed E-state index contributed by atoms with van der Waals surface area (Å²) in [6, 6.07) is 7.53. The summed E-state index contributed by atoms with van der Waals surface area (Å²) < 4.78 is 5.59. The average molecular weight is 250 g/mol. The Bertz CT molecular complexity index is 367. The van der Waals surface area contributed by atoms with Crippen LogP contribution in [0.15, 0.2) is 24.3 Å². The normalized spacial score (nSPS) is 10.1. The van der Waals surface area contributed by atoms with Crippen molar-refractivity contribution in [2.24, 2.45) is 0 Å². The first kappa shape index (κ1) is 14.5. The van der Waals surface area contributed by atoms with E-state index in [0.29, 0.717) is 13.0 Å². The molecular formula is C14H22N2O2. The predicted molar refractivity (Wildman–Crippen MR) is 74.0 cm³/mol. The molecule has 4 heteroatoms. The zero-order chi connectivity index (χ0) is 13.2. The van der Waals surface area contributed by atoms with E-state index in [1.165, 1.54) is 0 Å². The van der Waals surface area contributed by atoms with E-state index in [1.807, 2.05) is 31.3 Å². The van der Waals surface area contributed by atoms with Gasteiger partial charge in [-0.05, 0) is 38.6 Å². The summed E-state index contributed by atoms with van der Waals surface area (Å²) in [6.45, 7) is 3.56. The second-order valence-corrected chi connectivity index (χ2v) is 4.10. The van der Waals surface area contributed by atoms with Crippen molar-refractivity contribution in [1.82, 2.24) is 5.32 Å². The Morgan fingerprint density at radius 3 is 2.83 bits per heavy atom. The third-order valence-corrected chi connectivity index (χ3v) is 2.45. The zero-order valence-corrected chi connectivity index (χ0v) is 11.2. The van der Waals surface area contributed by atoms with Gasteiger partial charge in [0, 0.05) is 6.42 Å². The molecule has 0 saturated heterocycles. The molecule has 0 aliphatic carbocycles. The lowest BCUT2D eigenvalue weighted by Crippen LogP contribution is -2.15. The molecule has 0 spiro atoms. The van der Waals surface area contributed by atoms with Crippen LogP contribution in [-0.4, -0.2) is 26.1 Å². The lowest BCUT2D eigenvalue weighted by molar-refractivity contribution is -0.116. The van der Waals surface area contributed by atoms with E-state index in [9.17, 15) is 4.79 Å². The number of amides is 1. The van der Waals surface area contributed by atoms with Gasteiger partial charge in [0.25, 0.3) is 0 Å². The number of rotatable bonds is 8. The van der Waals surface area contributed by atoms with Crippen molar-refractivity contribution in [3.8, 4) is 5.75 Å². The van der Waals surface area contributed by atoms with Crippen LogP contribution in [0.4, 0.5) is 5.69 Å². The van der Waals surface area contributed by atoms with Crippen molar-refractivity contribution >= 4 is 11.6 Å². The van der Waals surface area contributed by atoms with E-state index < -0.39 is 0 Å². The Labute approximate surface area is 109 Å². The quantitative estimate of drug-likeness (QED) is 0.697. The predicted octanol–water partition coefficient (Wildman–Crippen LogP) is 2.41. The second-order valence-electron chi connectivity index (χ2n) is 4.10. The summed E-state index contributed by atoms with van der Waals surface area (Å²) in [5, 5.41) is 5.91. The number of para-hydroxylation sites is 2. The van der Waals surface area contributed by atoms with E-state index in [2.05, 4.69) is 17.6 Å². The average Bonchev–Trinajstić information content (AvgIpc) is 2.38. The van der Waals surface area contributed by atoms with Gasteiger partial charge in [0.15, 0.2) is 0 Å². The highest BCUT2D eigenvalue weighted by Crippen LogP contribution is 2.24. The van der Waals surface area contributed by atoms with Crippen LogP contribution in [0.5, 0.6) is 5.75 Å². The number of carbonyl (C=O) groups is 1. The lowest BCUT2D eigenvalue weighted by Gasteiger charge is -2.11. The molecule has 0 aliphatic heterocycles. The molecule has 0 saturated carbocycles. The summed E-state index contributed by atoms with van der Waals surface area (Å²) >= 11 is 0. The van der Waals surface area contributed by atoms with Gasteiger partial charge in [0.1, 0.15) is 5.75 Å². The molecule has 1 amide bonds. The molecule has 0 unspecified atom stereocenters. The van der Waals surface area contributed by atoms with E-state index in [1.54, 1.807) is 0 Å². The van der Waals surface area contributed by atoms with E-state index in [-0.39, 0.29) is 5.91 Å². The van der Waals surface area contributed by atoms with Crippen LogP contribution < -0.4 is 15.4 Å². The van der Waals surface area contributed by atoms with Gasteiger partial charge in [-0.2, -0.15) is 0 Å². The van der Waals surface area contributed by atoms with Crippen molar-refractivity contribution in [2.75, 3.05) is 25.5 Å². The first-order valence-electron chi connectivity index (χ1n) is 6.44.